The molecule has 0 bridgehead atoms. The second-order valence-corrected chi connectivity index (χ2v) is 4.73. The van der Waals surface area contributed by atoms with Gasteiger partial charge in [0.2, 0.25) is 5.91 Å². The van der Waals surface area contributed by atoms with Gasteiger partial charge < -0.3 is 11.1 Å². The predicted molar refractivity (Wildman–Crippen MR) is 55.6 cm³/mol. The number of carbonyl (C=O) groups excluding carboxylic acids is 1. The Balaban J connectivity index is 1.92. The number of nitriles is 1. The van der Waals surface area contributed by atoms with E-state index in [0.29, 0.717) is 6.54 Å². The Morgan fingerprint density at radius 2 is 2.27 bits per heavy atom. The van der Waals surface area contributed by atoms with E-state index in [1.807, 2.05) is 0 Å². The smallest absolute Gasteiger partial charge is 0.227 e. The number of rotatable bonds is 3. The Kier molecular flexibility index (Phi) is 2.66. The van der Waals surface area contributed by atoms with Gasteiger partial charge in [-0.15, -0.1) is 0 Å². The third-order valence-corrected chi connectivity index (χ3v) is 3.72. The van der Waals surface area contributed by atoms with E-state index in [1.54, 1.807) is 0 Å². The van der Waals surface area contributed by atoms with E-state index in [1.165, 1.54) is 0 Å². The summed E-state index contributed by atoms with van der Waals surface area (Å²) in [6, 6.07) is 2.32. The molecule has 2 aliphatic rings. The van der Waals surface area contributed by atoms with Crippen LogP contribution in [-0.4, -0.2) is 18.5 Å². The lowest BCUT2D eigenvalue weighted by Crippen LogP contribution is -2.43. The van der Waals surface area contributed by atoms with Crippen LogP contribution in [0.5, 0.6) is 0 Å². The molecule has 2 fully saturated rings. The first-order valence-electron chi connectivity index (χ1n) is 5.62. The quantitative estimate of drug-likeness (QED) is 0.708. The van der Waals surface area contributed by atoms with Crippen molar-refractivity contribution in [1.29, 1.82) is 5.26 Å². The maximum Gasteiger partial charge on any atom is 0.227 e. The van der Waals surface area contributed by atoms with Gasteiger partial charge in [0.25, 0.3) is 0 Å². The average Bonchev–Trinajstić information content (AvgIpc) is 2.94. The molecule has 0 saturated heterocycles. The van der Waals surface area contributed by atoms with Crippen LogP contribution in [0, 0.1) is 22.7 Å². The fraction of sp³-hybridized carbons (Fsp3) is 0.818. The topological polar surface area (TPSA) is 78.9 Å². The van der Waals surface area contributed by atoms with E-state index < -0.39 is 0 Å². The third kappa shape index (κ3) is 1.84. The molecule has 0 aromatic heterocycles. The van der Waals surface area contributed by atoms with E-state index in [0.717, 1.165) is 32.1 Å². The summed E-state index contributed by atoms with van der Waals surface area (Å²) in [5.74, 6) is 0.0691. The lowest BCUT2D eigenvalue weighted by Gasteiger charge is -2.19. The molecular formula is C11H17N3O. The number of carbonyl (C=O) groups is 1. The molecule has 0 heterocycles. The Labute approximate surface area is 89.8 Å². The molecule has 4 heteroatoms. The van der Waals surface area contributed by atoms with Gasteiger partial charge in [-0.25, -0.2) is 0 Å². The van der Waals surface area contributed by atoms with Crippen LogP contribution in [-0.2, 0) is 4.79 Å². The standard InChI is InChI=1S/C11H17N3O/c12-6-8-2-1-3-9(8)14-10(15)11(7-13)4-5-11/h8-9H,1-5,7,13H2,(H,14,15). The Hall–Kier alpha value is -1.08. The maximum atomic E-state index is 11.9. The van der Waals surface area contributed by atoms with Crippen LogP contribution in [0.4, 0.5) is 0 Å². The summed E-state index contributed by atoms with van der Waals surface area (Å²) in [6.07, 6.45) is 4.69. The fourth-order valence-corrected chi connectivity index (χ4v) is 2.28. The van der Waals surface area contributed by atoms with Crippen molar-refractivity contribution in [1.82, 2.24) is 5.32 Å². The van der Waals surface area contributed by atoms with E-state index in [2.05, 4.69) is 11.4 Å². The highest BCUT2D eigenvalue weighted by Crippen LogP contribution is 2.45. The lowest BCUT2D eigenvalue weighted by molar-refractivity contribution is -0.126. The molecule has 0 aromatic carbocycles. The molecule has 0 aromatic rings. The molecule has 82 valence electrons. The monoisotopic (exact) mass is 207 g/mol. The van der Waals surface area contributed by atoms with Gasteiger partial charge in [-0.2, -0.15) is 5.26 Å². The highest BCUT2D eigenvalue weighted by molar-refractivity contribution is 5.85. The molecule has 4 nitrogen and oxygen atoms in total. The molecule has 0 spiro atoms. The zero-order chi connectivity index (χ0) is 10.9. The van der Waals surface area contributed by atoms with Gasteiger partial charge in [0.15, 0.2) is 0 Å². The Bertz CT molecular complexity index is 303. The van der Waals surface area contributed by atoms with Crippen molar-refractivity contribution in [2.45, 2.75) is 38.1 Å². The number of amides is 1. The zero-order valence-corrected chi connectivity index (χ0v) is 8.83. The first-order chi connectivity index (χ1) is 7.22. The van der Waals surface area contributed by atoms with Crippen molar-refractivity contribution in [3.8, 4) is 6.07 Å². The highest BCUT2D eigenvalue weighted by atomic mass is 16.2. The Morgan fingerprint density at radius 3 is 2.80 bits per heavy atom. The van der Waals surface area contributed by atoms with Crippen molar-refractivity contribution >= 4 is 5.91 Å². The van der Waals surface area contributed by atoms with Crippen molar-refractivity contribution in [2.24, 2.45) is 17.1 Å². The van der Waals surface area contributed by atoms with Crippen LogP contribution >= 0.6 is 0 Å². The Morgan fingerprint density at radius 1 is 1.53 bits per heavy atom. The number of nitrogens with zero attached hydrogens (tertiary/aromatic N) is 1. The number of nitrogens with one attached hydrogen (secondary N) is 1. The minimum atomic E-state index is -0.289. The second-order valence-electron chi connectivity index (χ2n) is 4.73. The van der Waals surface area contributed by atoms with Gasteiger partial charge in [-0.05, 0) is 32.1 Å². The number of nitrogens with two attached hydrogens (primary N) is 1. The van der Waals surface area contributed by atoms with Crippen molar-refractivity contribution in [3.05, 3.63) is 0 Å². The van der Waals surface area contributed by atoms with Crippen molar-refractivity contribution < 1.29 is 4.79 Å². The summed E-state index contributed by atoms with van der Waals surface area (Å²) in [5.41, 5.74) is 5.30. The fourth-order valence-electron chi connectivity index (χ4n) is 2.28. The second kappa shape index (κ2) is 3.82. The van der Waals surface area contributed by atoms with Crippen molar-refractivity contribution in [2.75, 3.05) is 6.54 Å². The summed E-state index contributed by atoms with van der Waals surface area (Å²) in [7, 11) is 0. The van der Waals surface area contributed by atoms with Crippen LogP contribution in [0.25, 0.3) is 0 Å². The normalized spacial score (nSPS) is 32.0. The van der Waals surface area contributed by atoms with Crippen LogP contribution in [0.2, 0.25) is 0 Å². The minimum Gasteiger partial charge on any atom is -0.352 e. The summed E-state index contributed by atoms with van der Waals surface area (Å²) in [6.45, 7) is 0.433. The van der Waals surface area contributed by atoms with Gasteiger partial charge in [0, 0.05) is 12.6 Å². The highest BCUT2D eigenvalue weighted by Gasteiger charge is 2.49. The summed E-state index contributed by atoms with van der Waals surface area (Å²) >= 11 is 0. The lowest BCUT2D eigenvalue weighted by atomic mass is 10.0. The molecule has 0 aliphatic heterocycles. The molecule has 0 radical (unpaired) electrons. The minimum absolute atomic E-state index is 0.00234. The SMILES string of the molecule is N#CC1CCCC1NC(=O)C1(CN)CC1. The zero-order valence-electron chi connectivity index (χ0n) is 8.83. The molecule has 2 aliphatic carbocycles. The molecule has 15 heavy (non-hydrogen) atoms. The molecule has 1 amide bonds. The van der Waals surface area contributed by atoms with Crippen LogP contribution < -0.4 is 11.1 Å². The van der Waals surface area contributed by atoms with Gasteiger partial charge in [-0.1, -0.05) is 0 Å². The predicted octanol–water partition coefficient (Wildman–Crippen LogP) is 0.534. The molecule has 3 N–H and O–H groups in total. The number of hydrogen-bond donors (Lipinski definition) is 2. The van der Waals surface area contributed by atoms with E-state index in [9.17, 15) is 4.79 Å². The molecule has 2 rings (SSSR count). The van der Waals surface area contributed by atoms with E-state index >= 15 is 0 Å². The van der Waals surface area contributed by atoms with Crippen LogP contribution in [0.15, 0.2) is 0 Å². The third-order valence-electron chi connectivity index (χ3n) is 3.72. The first-order valence-corrected chi connectivity index (χ1v) is 5.62. The molecular weight excluding hydrogens is 190 g/mol. The van der Waals surface area contributed by atoms with Gasteiger partial charge in [-0.3, -0.25) is 4.79 Å². The van der Waals surface area contributed by atoms with Gasteiger partial charge in [0.05, 0.1) is 17.4 Å². The maximum absolute atomic E-state index is 11.9. The molecule has 2 unspecified atom stereocenters. The largest absolute Gasteiger partial charge is 0.352 e. The summed E-state index contributed by atoms with van der Waals surface area (Å²) in [4.78, 5) is 11.9. The summed E-state index contributed by atoms with van der Waals surface area (Å²) in [5, 5.41) is 11.9. The average molecular weight is 207 g/mol. The molecule has 2 saturated carbocycles. The van der Waals surface area contributed by atoms with E-state index in [4.69, 9.17) is 11.0 Å². The van der Waals surface area contributed by atoms with E-state index in [-0.39, 0.29) is 23.3 Å². The van der Waals surface area contributed by atoms with Crippen molar-refractivity contribution in [3.63, 3.8) is 0 Å². The van der Waals surface area contributed by atoms with Crippen LogP contribution in [0.3, 0.4) is 0 Å². The number of hydrogen-bond acceptors (Lipinski definition) is 3. The van der Waals surface area contributed by atoms with Gasteiger partial charge >= 0.3 is 0 Å². The van der Waals surface area contributed by atoms with Gasteiger partial charge in [0.1, 0.15) is 0 Å². The first kappa shape index (κ1) is 10.4. The summed E-state index contributed by atoms with van der Waals surface area (Å²) < 4.78 is 0. The van der Waals surface area contributed by atoms with Crippen LogP contribution in [0.1, 0.15) is 32.1 Å². The molecule has 2 atom stereocenters.